The zero-order valence-electron chi connectivity index (χ0n) is 20.2. The first-order valence-electron chi connectivity index (χ1n) is 11.8. The molecule has 1 aliphatic rings. The van der Waals surface area contributed by atoms with Gasteiger partial charge < -0.3 is 19.4 Å². The first kappa shape index (κ1) is 23.6. The summed E-state index contributed by atoms with van der Waals surface area (Å²) in [5.74, 6) is 1.37. The lowest BCUT2D eigenvalue weighted by Crippen LogP contribution is -2.42. The summed E-state index contributed by atoms with van der Waals surface area (Å²) in [7, 11) is 0. The highest BCUT2D eigenvalue weighted by Gasteiger charge is 2.33. The molecule has 0 aliphatic carbocycles. The van der Waals surface area contributed by atoms with Gasteiger partial charge in [0.05, 0.1) is 6.04 Å². The highest BCUT2D eigenvalue weighted by Crippen LogP contribution is 2.38. The Balaban J connectivity index is 1.57. The van der Waals surface area contributed by atoms with Crippen LogP contribution in [0.2, 0.25) is 0 Å². The number of carbonyl (C=O) groups excluding carboxylic acids is 2. The Kier molecular flexibility index (Phi) is 7.06. The molecule has 0 spiro atoms. The average molecular weight is 461 g/mol. The van der Waals surface area contributed by atoms with E-state index in [1.54, 1.807) is 12.1 Å². The topological polar surface area (TPSA) is 71.8 Å². The maximum atomic E-state index is 13.1. The van der Waals surface area contributed by atoms with Gasteiger partial charge in [0.15, 0.2) is 5.76 Å². The van der Waals surface area contributed by atoms with Crippen LogP contribution in [0.3, 0.4) is 0 Å². The van der Waals surface area contributed by atoms with Gasteiger partial charge in [0.25, 0.3) is 5.91 Å². The number of rotatable bonds is 7. The maximum absolute atomic E-state index is 13.1. The molecular formula is C28H32N2O4. The van der Waals surface area contributed by atoms with E-state index in [4.69, 9.17) is 9.15 Å². The Bertz CT molecular complexity index is 1150. The van der Waals surface area contributed by atoms with E-state index >= 15 is 0 Å². The molecule has 0 saturated carbocycles. The molecule has 1 N–H and O–H groups in total. The van der Waals surface area contributed by atoms with Crippen LogP contribution in [0, 0.1) is 5.92 Å². The van der Waals surface area contributed by atoms with Gasteiger partial charge in [-0.2, -0.15) is 0 Å². The fourth-order valence-electron chi connectivity index (χ4n) is 4.31. The molecule has 2 heterocycles. The first-order chi connectivity index (χ1) is 16.3. The second kappa shape index (κ2) is 10.2. The van der Waals surface area contributed by atoms with Gasteiger partial charge >= 0.3 is 0 Å². The lowest BCUT2D eigenvalue weighted by Gasteiger charge is -2.39. The average Bonchev–Trinajstić information content (AvgIpc) is 3.31. The van der Waals surface area contributed by atoms with Crippen molar-refractivity contribution in [3.8, 4) is 5.75 Å². The Labute approximate surface area is 200 Å². The van der Waals surface area contributed by atoms with Crippen molar-refractivity contribution in [1.29, 1.82) is 0 Å². The third-order valence-corrected chi connectivity index (χ3v) is 5.92. The number of nitrogens with zero attached hydrogens (tertiary/aromatic N) is 1. The SMILES string of the molecule is CC(C)NC(=O)c1ccc(COc2ccc3c(c2)[C@@H](c2ccccc2)N(C(=O)C(C)C)CC3)o1. The Morgan fingerprint density at radius 3 is 2.53 bits per heavy atom. The van der Waals surface area contributed by atoms with Crippen molar-refractivity contribution in [2.75, 3.05) is 6.54 Å². The zero-order valence-corrected chi connectivity index (χ0v) is 20.2. The van der Waals surface area contributed by atoms with Gasteiger partial charge in [-0.05, 0) is 61.2 Å². The van der Waals surface area contributed by atoms with Crippen molar-refractivity contribution in [1.82, 2.24) is 10.2 Å². The fraction of sp³-hybridized carbons (Fsp3) is 0.357. The zero-order chi connectivity index (χ0) is 24.2. The van der Waals surface area contributed by atoms with E-state index in [9.17, 15) is 9.59 Å². The van der Waals surface area contributed by atoms with E-state index in [1.165, 1.54) is 5.56 Å². The molecule has 34 heavy (non-hydrogen) atoms. The second-order valence-electron chi connectivity index (χ2n) is 9.29. The van der Waals surface area contributed by atoms with Crippen LogP contribution in [0.1, 0.15) is 66.7 Å². The molecular weight excluding hydrogens is 428 g/mol. The van der Waals surface area contributed by atoms with Gasteiger partial charge in [-0.3, -0.25) is 9.59 Å². The maximum Gasteiger partial charge on any atom is 0.287 e. The van der Waals surface area contributed by atoms with Crippen LogP contribution in [0.25, 0.3) is 0 Å². The molecule has 3 aromatic rings. The molecule has 2 aromatic carbocycles. The van der Waals surface area contributed by atoms with Gasteiger partial charge in [-0.25, -0.2) is 0 Å². The lowest BCUT2D eigenvalue weighted by molar-refractivity contribution is -0.136. The predicted octanol–water partition coefficient (Wildman–Crippen LogP) is 5.13. The molecule has 6 nitrogen and oxygen atoms in total. The molecule has 1 aromatic heterocycles. The highest BCUT2D eigenvalue weighted by molar-refractivity contribution is 5.91. The number of fused-ring (bicyclic) bond motifs is 1. The van der Waals surface area contributed by atoms with E-state index in [-0.39, 0.29) is 42.2 Å². The van der Waals surface area contributed by atoms with Crippen molar-refractivity contribution in [3.63, 3.8) is 0 Å². The molecule has 0 unspecified atom stereocenters. The Hall–Kier alpha value is -3.54. The van der Waals surface area contributed by atoms with Crippen LogP contribution in [0.5, 0.6) is 5.75 Å². The molecule has 0 saturated heterocycles. The lowest BCUT2D eigenvalue weighted by atomic mass is 9.87. The summed E-state index contributed by atoms with van der Waals surface area (Å²) in [6.07, 6.45) is 0.809. The third-order valence-electron chi connectivity index (χ3n) is 5.92. The molecule has 0 fully saturated rings. The molecule has 2 amide bonds. The van der Waals surface area contributed by atoms with Gasteiger partial charge in [-0.1, -0.05) is 50.2 Å². The number of amides is 2. The summed E-state index contributed by atoms with van der Waals surface area (Å²) in [4.78, 5) is 27.2. The second-order valence-corrected chi connectivity index (χ2v) is 9.29. The summed E-state index contributed by atoms with van der Waals surface area (Å²) in [5.41, 5.74) is 3.39. The molecule has 1 aliphatic heterocycles. The summed E-state index contributed by atoms with van der Waals surface area (Å²) in [6.45, 7) is 8.59. The van der Waals surface area contributed by atoms with Gasteiger partial charge in [0, 0.05) is 18.5 Å². The predicted molar refractivity (Wildman–Crippen MR) is 131 cm³/mol. The van der Waals surface area contributed by atoms with Crippen molar-refractivity contribution in [3.05, 3.63) is 88.9 Å². The summed E-state index contributed by atoms with van der Waals surface area (Å²) in [6, 6.07) is 19.5. The van der Waals surface area contributed by atoms with Crippen LogP contribution >= 0.6 is 0 Å². The van der Waals surface area contributed by atoms with Crippen molar-refractivity contribution >= 4 is 11.8 Å². The largest absolute Gasteiger partial charge is 0.486 e. The number of nitrogens with one attached hydrogen (secondary N) is 1. The molecule has 1 atom stereocenters. The monoisotopic (exact) mass is 460 g/mol. The van der Waals surface area contributed by atoms with Crippen molar-refractivity contribution < 1.29 is 18.7 Å². The van der Waals surface area contributed by atoms with Gasteiger partial charge in [0.2, 0.25) is 5.91 Å². The first-order valence-corrected chi connectivity index (χ1v) is 11.8. The van der Waals surface area contributed by atoms with Crippen LogP contribution in [0.4, 0.5) is 0 Å². The third kappa shape index (κ3) is 5.16. The van der Waals surface area contributed by atoms with Crippen LogP contribution in [0.15, 0.2) is 65.1 Å². The Morgan fingerprint density at radius 2 is 1.82 bits per heavy atom. The van der Waals surface area contributed by atoms with Crippen molar-refractivity contribution in [2.45, 2.75) is 52.8 Å². The quantitative estimate of drug-likeness (QED) is 0.531. The van der Waals surface area contributed by atoms with E-state index < -0.39 is 0 Å². The van der Waals surface area contributed by atoms with E-state index in [1.807, 2.05) is 62.9 Å². The smallest absolute Gasteiger partial charge is 0.287 e. The summed E-state index contributed by atoms with van der Waals surface area (Å²) in [5, 5.41) is 2.82. The molecule has 178 valence electrons. The number of carbonyl (C=O) groups is 2. The van der Waals surface area contributed by atoms with E-state index in [2.05, 4.69) is 23.5 Å². The van der Waals surface area contributed by atoms with E-state index in [0.29, 0.717) is 18.1 Å². The minimum atomic E-state index is -0.240. The fourth-order valence-corrected chi connectivity index (χ4v) is 4.31. The molecule has 0 bridgehead atoms. The minimum absolute atomic E-state index is 0.0347. The van der Waals surface area contributed by atoms with Crippen LogP contribution < -0.4 is 10.1 Å². The summed E-state index contributed by atoms with van der Waals surface area (Å²) < 4.78 is 11.7. The number of hydrogen-bond donors (Lipinski definition) is 1. The van der Waals surface area contributed by atoms with Crippen LogP contribution in [-0.2, 0) is 17.8 Å². The normalized spacial score (nSPS) is 15.4. The minimum Gasteiger partial charge on any atom is -0.486 e. The highest BCUT2D eigenvalue weighted by atomic mass is 16.5. The number of benzene rings is 2. The molecule has 0 radical (unpaired) electrons. The standard InChI is InChI=1S/C28H32N2O4/c1-18(2)28(32)30-15-14-20-10-11-22(16-24(20)26(30)21-8-6-5-7-9-21)33-17-23-12-13-25(34-23)27(31)29-19(3)4/h5-13,16,18-19,26H,14-15,17H2,1-4H3,(H,29,31)/t26-/m1/s1. The van der Waals surface area contributed by atoms with Gasteiger partial charge in [0.1, 0.15) is 18.1 Å². The molecule has 6 heteroatoms. The number of furan rings is 1. The summed E-state index contributed by atoms with van der Waals surface area (Å²) >= 11 is 0. The number of ether oxygens (including phenoxy) is 1. The Morgan fingerprint density at radius 1 is 1.06 bits per heavy atom. The molecule has 4 rings (SSSR count). The van der Waals surface area contributed by atoms with Crippen molar-refractivity contribution in [2.24, 2.45) is 5.92 Å². The van der Waals surface area contributed by atoms with E-state index in [0.717, 1.165) is 17.5 Å². The number of hydrogen-bond acceptors (Lipinski definition) is 4. The van der Waals surface area contributed by atoms with Gasteiger partial charge in [-0.15, -0.1) is 0 Å². The van der Waals surface area contributed by atoms with Crippen LogP contribution in [-0.4, -0.2) is 29.3 Å².